The van der Waals surface area contributed by atoms with Gasteiger partial charge in [-0.15, -0.1) is 0 Å². The molecule has 0 fully saturated rings. The molecule has 156 valence electrons. The van der Waals surface area contributed by atoms with E-state index in [0.717, 1.165) is 34.8 Å². The molecule has 0 unspecified atom stereocenters. The van der Waals surface area contributed by atoms with Gasteiger partial charge in [-0.3, -0.25) is 4.79 Å². The minimum absolute atomic E-state index is 0.104. The van der Waals surface area contributed by atoms with Gasteiger partial charge in [0, 0.05) is 25.0 Å². The molecular formula is C22H31N5O2. The molecule has 0 saturated carbocycles. The lowest BCUT2D eigenvalue weighted by molar-refractivity contribution is -0.121. The number of pyridine rings is 1. The van der Waals surface area contributed by atoms with E-state index >= 15 is 0 Å². The number of imidazole rings is 1. The SMILES string of the molecule is CCOC[C@H](CCCNC(=O)CC(C)C)n1cnc2c(N)nc3ccccc3c21. The Morgan fingerprint density at radius 3 is 2.86 bits per heavy atom. The summed E-state index contributed by atoms with van der Waals surface area (Å²) in [5.74, 6) is 0.915. The summed E-state index contributed by atoms with van der Waals surface area (Å²) in [6, 6.07) is 8.07. The lowest BCUT2D eigenvalue weighted by atomic mass is 10.1. The summed E-state index contributed by atoms with van der Waals surface area (Å²) in [5, 5.41) is 4.04. The molecule has 3 rings (SSSR count). The summed E-state index contributed by atoms with van der Waals surface area (Å²) in [7, 11) is 0. The van der Waals surface area contributed by atoms with Crippen LogP contribution in [0, 0.1) is 5.92 Å². The van der Waals surface area contributed by atoms with Crippen LogP contribution in [0.1, 0.15) is 46.1 Å². The quantitative estimate of drug-likeness (QED) is 0.509. The first-order valence-electron chi connectivity index (χ1n) is 10.4. The van der Waals surface area contributed by atoms with Crippen LogP contribution in [0.5, 0.6) is 0 Å². The normalized spacial score (nSPS) is 12.7. The highest BCUT2D eigenvalue weighted by atomic mass is 16.5. The summed E-state index contributed by atoms with van der Waals surface area (Å²) in [5.41, 5.74) is 8.73. The van der Waals surface area contributed by atoms with Crippen molar-refractivity contribution in [1.82, 2.24) is 19.9 Å². The maximum atomic E-state index is 11.9. The molecule has 0 spiro atoms. The van der Waals surface area contributed by atoms with E-state index in [4.69, 9.17) is 10.5 Å². The second kappa shape index (κ2) is 9.69. The second-order valence-corrected chi connectivity index (χ2v) is 7.77. The number of hydrogen-bond donors (Lipinski definition) is 2. The Bertz CT molecular complexity index is 966. The highest BCUT2D eigenvalue weighted by molar-refractivity contribution is 6.06. The van der Waals surface area contributed by atoms with E-state index in [2.05, 4.69) is 19.9 Å². The third kappa shape index (κ3) is 5.03. The third-order valence-electron chi connectivity index (χ3n) is 4.97. The number of carbonyl (C=O) groups is 1. The number of ether oxygens (including phenoxy) is 1. The van der Waals surface area contributed by atoms with Crippen LogP contribution in [0.4, 0.5) is 5.82 Å². The molecule has 0 saturated heterocycles. The van der Waals surface area contributed by atoms with E-state index in [-0.39, 0.29) is 11.9 Å². The lowest BCUT2D eigenvalue weighted by Gasteiger charge is -2.20. The zero-order chi connectivity index (χ0) is 20.8. The van der Waals surface area contributed by atoms with Gasteiger partial charge in [0.15, 0.2) is 5.82 Å². The maximum Gasteiger partial charge on any atom is 0.220 e. The number of nitrogens with zero attached hydrogens (tertiary/aromatic N) is 3. The number of nitrogen functional groups attached to an aromatic ring is 1. The summed E-state index contributed by atoms with van der Waals surface area (Å²) >= 11 is 0. The zero-order valence-electron chi connectivity index (χ0n) is 17.5. The van der Waals surface area contributed by atoms with Gasteiger partial charge < -0.3 is 20.4 Å². The highest BCUT2D eigenvalue weighted by Crippen LogP contribution is 2.30. The van der Waals surface area contributed by atoms with E-state index in [1.165, 1.54) is 0 Å². The van der Waals surface area contributed by atoms with Gasteiger partial charge >= 0.3 is 0 Å². The average Bonchev–Trinajstić information content (AvgIpc) is 3.13. The molecule has 3 aromatic rings. The van der Waals surface area contributed by atoms with Gasteiger partial charge in [-0.2, -0.15) is 0 Å². The van der Waals surface area contributed by atoms with Gasteiger partial charge in [-0.25, -0.2) is 9.97 Å². The number of rotatable bonds is 10. The minimum Gasteiger partial charge on any atom is -0.382 e. The van der Waals surface area contributed by atoms with Crippen LogP contribution in [0.3, 0.4) is 0 Å². The van der Waals surface area contributed by atoms with Gasteiger partial charge in [0.1, 0.15) is 5.52 Å². The molecule has 1 amide bonds. The molecule has 3 N–H and O–H groups in total. The van der Waals surface area contributed by atoms with Gasteiger partial charge in [-0.1, -0.05) is 32.0 Å². The van der Waals surface area contributed by atoms with E-state index in [0.29, 0.717) is 37.9 Å². The number of nitrogens with one attached hydrogen (secondary N) is 1. The number of amides is 1. The summed E-state index contributed by atoms with van der Waals surface area (Å²) in [6.45, 7) is 7.98. The number of anilines is 1. The Morgan fingerprint density at radius 2 is 2.10 bits per heavy atom. The first-order chi connectivity index (χ1) is 14.0. The van der Waals surface area contributed by atoms with Crippen molar-refractivity contribution in [3.63, 3.8) is 0 Å². The van der Waals surface area contributed by atoms with Crippen LogP contribution >= 0.6 is 0 Å². The number of nitrogens with two attached hydrogens (primary N) is 1. The predicted octanol–water partition coefficient (Wildman–Crippen LogP) is 3.69. The molecule has 29 heavy (non-hydrogen) atoms. The van der Waals surface area contributed by atoms with Crippen molar-refractivity contribution in [2.45, 2.75) is 46.1 Å². The molecule has 2 aromatic heterocycles. The van der Waals surface area contributed by atoms with Crippen molar-refractivity contribution in [1.29, 1.82) is 0 Å². The number of para-hydroxylation sites is 1. The second-order valence-electron chi connectivity index (χ2n) is 7.77. The number of fused-ring (bicyclic) bond motifs is 3. The van der Waals surface area contributed by atoms with Crippen LogP contribution in [0.15, 0.2) is 30.6 Å². The molecule has 0 aliphatic rings. The number of benzene rings is 1. The van der Waals surface area contributed by atoms with Crippen molar-refractivity contribution in [2.24, 2.45) is 5.92 Å². The van der Waals surface area contributed by atoms with Crippen LogP contribution in [0.25, 0.3) is 21.9 Å². The summed E-state index contributed by atoms with van der Waals surface area (Å²) in [6.07, 6.45) is 4.12. The Hall–Kier alpha value is -2.67. The molecular weight excluding hydrogens is 366 g/mol. The van der Waals surface area contributed by atoms with Crippen LogP contribution in [-0.4, -0.2) is 40.2 Å². The lowest BCUT2D eigenvalue weighted by Crippen LogP contribution is -2.26. The van der Waals surface area contributed by atoms with Crippen molar-refractivity contribution < 1.29 is 9.53 Å². The van der Waals surface area contributed by atoms with E-state index in [1.807, 2.05) is 51.4 Å². The van der Waals surface area contributed by atoms with Gasteiger partial charge in [0.2, 0.25) is 5.91 Å². The molecule has 0 radical (unpaired) electrons. The van der Waals surface area contributed by atoms with Gasteiger partial charge in [0.25, 0.3) is 0 Å². The largest absolute Gasteiger partial charge is 0.382 e. The Balaban J connectivity index is 1.81. The van der Waals surface area contributed by atoms with Crippen molar-refractivity contribution in [3.05, 3.63) is 30.6 Å². The topological polar surface area (TPSA) is 95.1 Å². The van der Waals surface area contributed by atoms with Crippen LogP contribution < -0.4 is 11.1 Å². The molecule has 0 aliphatic carbocycles. The van der Waals surface area contributed by atoms with Crippen molar-refractivity contribution >= 4 is 33.7 Å². The number of aromatic nitrogens is 3. The molecule has 7 heteroatoms. The molecule has 1 aromatic carbocycles. The predicted molar refractivity (Wildman–Crippen MR) is 117 cm³/mol. The fourth-order valence-electron chi connectivity index (χ4n) is 3.61. The van der Waals surface area contributed by atoms with Gasteiger partial charge in [-0.05, 0) is 31.7 Å². The van der Waals surface area contributed by atoms with E-state index in [1.54, 1.807) is 0 Å². The molecule has 0 bridgehead atoms. The van der Waals surface area contributed by atoms with Crippen molar-refractivity contribution in [2.75, 3.05) is 25.5 Å². The summed E-state index contributed by atoms with van der Waals surface area (Å²) in [4.78, 5) is 20.9. The average molecular weight is 398 g/mol. The first kappa shape index (κ1) is 21.0. The van der Waals surface area contributed by atoms with Crippen molar-refractivity contribution in [3.8, 4) is 0 Å². The molecule has 0 aliphatic heterocycles. The fourth-order valence-corrected chi connectivity index (χ4v) is 3.61. The van der Waals surface area contributed by atoms with Gasteiger partial charge in [0.05, 0.1) is 30.0 Å². The Kier molecular flexibility index (Phi) is 7.04. The van der Waals surface area contributed by atoms with E-state index in [9.17, 15) is 4.79 Å². The smallest absolute Gasteiger partial charge is 0.220 e. The van der Waals surface area contributed by atoms with Crippen LogP contribution in [-0.2, 0) is 9.53 Å². The zero-order valence-corrected chi connectivity index (χ0v) is 17.5. The fraction of sp³-hybridized carbons (Fsp3) is 0.500. The summed E-state index contributed by atoms with van der Waals surface area (Å²) < 4.78 is 7.91. The Labute approximate surface area is 171 Å². The highest BCUT2D eigenvalue weighted by Gasteiger charge is 2.18. The monoisotopic (exact) mass is 397 g/mol. The molecule has 1 atom stereocenters. The maximum absolute atomic E-state index is 11.9. The standard InChI is InChI=1S/C22H31N5O2/c1-4-29-13-16(8-7-11-24-19(28)12-15(2)3)27-14-25-20-21(27)17-9-5-6-10-18(17)26-22(20)23/h5-6,9-10,14-16H,4,7-8,11-13H2,1-3H3,(H2,23,26)(H,24,28)/t16-/m0/s1. The molecule has 7 nitrogen and oxygen atoms in total. The first-order valence-corrected chi connectivity index (χ1v) is 10.4. The Morgan fingerprint density at radius 1 is 1.31 bits per heavy atom. The van der Waals surface area contributed by atoms with E-state index < -0.39 is 0 Å². The number of carbonyl (C=O) groups excluding carboxylic acids is 1. The minimum atomic E-state index is 0.104. The molecule has 2 heterocycles. The van der Waals surface area contributed by atoms with Crippen LogP contribution in [0.2, 0.25) is 0 Å². The number of hydrogen-bond acceptors (Lipinski definition) is 5. The third-order valence-corrected chi connectivity index (χ3v) is 4.97.